The summed E-state index contributed by atoms with van der Waals surface area (Å²) in [7, 11) is -2.02. The van der Waals surface area contributed by atoms with Crippen LogP contribution in [0.25, 0.3) is 11.4 Å². The van der Waals surface area contributed by atoms with Crippen LogP contribution in [0, 0.1) is 24.4 Å². The van der Waals surface area contributed by atoms with Gasteiger partial charge in [0, 0.05) is 43.6 Å². The van der Waals surface area contributed by atoms with Gasteiger partial charge in [-0.25, -0.2) is 31.4 Å². The molecule has 2 amide bonds. The fourth-order valence-corrected chi connectivity index (χ4v) is 5.52. The number of nitrogens with zero attached hydrogens (tertiary/aromatic N) is 6. The first-order valence-electron chi connectivity index (χ1n) is 11.5. The number of aryl methyl sites for hydroxylation is 1. The van der Waals surface area contributed by atoms with Crippen LogP contribution in [-0.2, 0) is 16.9 Å². The molecule has 38 heavy (non-hydrogen) atoms. The Morgan fingerprint density at radius 1 is 1.11 bits per heavy atom. The molecule has 0 saturated carbocycles. The Hall–Kier alpha value is -3.94. The van der Waals surface area contributed by atoms with Crippen molar-refractivity contribution in [2.45, 2.75) is 30.5 Å². The molecule has 1 atom stereocenters. The van der Waals surface area contributed by atoms with Crippen LogP contribution in [0.15, 0.2) is 40.6 Å². The van der Waals surface area contributed by atoms with Crippen molar-refractivity contribution in [2.24, 2.45) is 12.1 Å². The highest BCUT2D eigenvalue weighted by Crippen LogP contribution is 2.33. The van der Waals surface area contributed by atoms with Crippen molar-refractivity contribution in [3.8, 4) is 17.1 Å². The second-order valence-corrected chi connectivity index (χ2v) is 11.1. The van der Waals surface area contributed by atoms with Crippen LogP contribution in [0.3, 0.4) is 0 Å². The molecule has 2 aliphatic rings. The summed E-state index contributed by atoms with van der Waals surface area (Å²) in [6, 6.07) is 3.33. The number of benzene rings is 1. The lowest BCUT2D eigenvalue weighted by molar-refractivity contribution is 0.0256. The van der Waals surface area contributed by atoms with E-state index in [4.69, 9.17) is 4.74 Å². The van der Waals surface area contributed by atoms with Crippen LogP contribution < -0.4 is 4.74 Å². The number of ether oxygens (including phenoxy) is 1. The average molecular weight is 549 g/mol. The van der Waals surface area contributed by atoms with Gasteiger partial charge >= 0.3 is 6.03 Å². The summed E-state index contributed by atoms with van der Waals surface area (Å²) in [5.41, 5.74) is 1.33. The van der Waals surface area contributed by atoms with Crippen molar-refractivity contribution < 1.29 is 31.1 Å². The van der Waals surface area contributed by atoms with Gasteiger partial charge in [0.25, 0.3) is 0 Å². The maximum absolute atomic E-state index is 14.5. The van der Waals surface area contributed by atoms with Crippen molar-refractivity contribution in [3.05, 3.63) is 59.0 Å². The highest BCUT2D eigenvalue weighted by molar-refractivity contribution is 7.90. The minimum Gasteiger partial charge on any atom is -0.483 e. The first kappa shape index (κ1) is 25.7. The van der Waals surface area contributed by atoms with Crippen molar-refractivity contribution in [1.29, 1.82) is 0 Å². The number of carbonyl (C=O) groups is 1. The van der Waals surface area contributed by atoms with E-state index < -0.39 is 45.5 Å². The molecular formula is C24H23F3N6O4S. The molecule has 0 radical (unpaired) electrons. The first-order chi connectivity index (χ1) is 17.9. The number of likely N-dealkylation sites (tertiary alicyclic amines) is 1. The van der Waals surface area contributed by atoms with Gasteiger partial charge < -0.3 is 9.64 Å². The predicted molar refractivity (Wildman–Crippen MR) is 130 cm³/mol. The van der Waals surface area contributed by atoms with Crippen molar-refractivity contribution in [2.75, 3.05) is 19.3 Å². The number of sulfone groups is 1. The Balaban J connectivity index is 1.28. The fraction of sp³-hybridized carbons (Fsp3) is 0.333. The number of pyridine rings is 1. The Morgan fingerprint density at radius 3 is 2.42 bits per heavy atom. The third-order valence-electron chi connectivity index (χ3n) is 6.36. The number of hydrazone groups is 1. The van der Waals surface area contributed by atoms with Gasteiger partial charge in [-0.15, -0.1) is 0 Å². The zero-order chi connectivity index (χ0) is 27.4. The summed E-state index contributed by atoms with van der Waals surface area (Å²) in [4.78, 5) is 18.5. The van der Waals surface area contributed by atoms with E-state index in [-0.39, 0.29) is 35.1 Å². The van der Waals surface area contributed by atoms with Crippen LogP contribution in [-0.4, -0.2) is 70.8 Å². The van der Waals surface area contributed by atoms with Gasteiger partial charge in [-0.05, 0) is 24.6 Å². The van der Waals surface area contributed by atoms with E-state index in [1.54, 1.807) is 14.0 Å². The maximum Gasteiger partial charge on any atom is 0.341 e. The number of amides is 2. The normalized spacial score (nSPS) is 17.7. The van der Waals surface area contributed by atoms with Crippen LogP contribution >= 0.6 is 0 Å². The summed E-state index contributed by atoms with van der Waals surface area (Å²) in [6.45, 7) is 1.86. The molecule has 10 nitrogen and oxygen atoms in total. The number of hydrogen-bond donors (Lipinski definition) is 0. The molecule has 5 rings (SSSR count). The third-order valence-corrected chi connectivity index (χ3v) is 7.45. The number of carbonyl (C=O) groups excluding carboxylic acids is 1. The summed E-state index contributed by atoms with van der Waals surface area (Å²) in [6.07, 6.45) is 3.30. The molecule has 0 bridgehead atoms. The topological polar surface area (TPSA) is 110 Å². The summed E-state index contributed by atoms with van der Waals surface area (Å²) in [5.74, 6) is -2.33. The molecule has 0 aliphatic carbocycles. The van der Waals surface area contributed by atoms with E-state index in [1.807, 2.05) is 0 Å². The molecular weight excluding hydrogens is 525 g/mol. The Labute approximate surface area is 216 Å². The van der Waals surface area contributed by atoms with Crippen molar-refractivity contribution >= 4 is 22.1 Å². The maximum atomic E-state index is 14.5. The lowest BCUT2D eigenvalue weighted by atomic mass is 10.0. The van der Waals surface area contributed by atoms with Crippen LogP contribution in [0.2, 0.25) is 0 Å². The molecule has 0 spiro atoms. The van der Waals surface area contributed by atoms with Crippen molar-refractivity contribution in [1.82, 2.24) is 24.7 Å². The Kier molecular flexibility index (Phi) is 6.37. The number of halogens is 3. The minimum absolute atomic E-state index is 0.0967. The average Bonchev–Trinajstić information content (AvgIpc) is 3.40. The van der Waals surface area contributed by atoms with Crippen LogP contribution in [0.4, 0.5) is 18.0 Å². The summed E-state index contributed by atoms with van der Waals surface area (Å²) < 4.78 is 73.1. The number of aromatic nitrogens is 3. The molecule has 200 valence electrons. The van der Waals surface area contributed by atoms with E-state index in [0.29, 0.717) is 17.7 Å². The second-order valence-electron chi connectivity index (χ2n) is 9.20. The second kappa shape index (κ2) is 9.42. The highest BCUT2D eigenvalue weighted by Gasteiger charge is 2.39. The fourth-order valence-electron chi connectivity index (χ4n) is 4.59. The first-order valence-corrected chi connectivity index (χ1v) is 13.4. The molecule has 0 N–H and O–H groups in total. The predicted octanol–water partition coefficient (Wildman–Crippen LogP) is 3.23. The van der Waals surface area contributed by atoms with Gasteiger partial charge in [-0.3, -0.25) is 9.67 Å². The lowest BCUT2D eigenvalue weighted by Crippen LogP contribution is -2.58. The van der Waals surface area contributed by atoms with Crippen LogP contribution in [0.5, 0.6) is 5.75 Å². The van der Waals surface area contributed by atoms with Crippen molar-refractivity contribution in [3.63, 3.8) is 0 Å². The van der Waals surface area contributed by atoms with Gasteiger partial charge in [0.1, 0.15) is 17.7 Å². The SMILES string of the molecule is Cc1c(S(C)(=O)=O)nn(C)c1-c1cc(OC2CN(C(=O)N3N=CCC3c3cc(F)cc(F)c3)C2)c(F)cn1. The largest absolute Gasteiger partial charge is 0.483 e. The molecule has 4 heterocycles. The molecule has 1 aromatic carbocycles. The highest BCUT2D eigenvalue weighted by atomic mass is 32.2. The molecule has 1 unspecified atom stereocenters. The van der Waals surface area contributed by atoms with Gasteiger partial charge in [0.15, 0.2) is 26.4 Å². The Bertz CT molecular complexity index is 1550. The van der Waals surface area contributed by atoms with Gasteiger partial charge in [0.2, 0.25) is 0 Å². The molecule has 1 fully saturated rings. The van der Waals surface area contributed by atoms with E-state index in [0.717, 1.165) is 30.7 Å². The molecule has 1 saturated heterocycles. The third kappa shape index (κ3) is 4.71. The molecule has 2 aromatic heterocycles. The summed E-state index contributed by atoms with van der Waals surface area (Å²) in [5, 5.41) is 9.20. The minimum atomic E-state index is -3.58. The Morgan fingerprint density at radius 2 is 1.79 bits per heavy atom. The van der Waals surface area contributed by atoms with E-state index in [1.165, 1.54) is 26.9 Å². The van der Waals surface area contributed by atoms with E-state index >= 15 is 0 Å². The quantitative estimate of drug-likeness (QED) is 0.484. The van der Waals surface area contributed by atoms with Gasteiger partial charge in [-0.2, -0.15) is 10.2 Å². The molecule has 14 heteroatoms. The number of rotatable bonds is 5. The monoisotopic (exact) mass is 548 g/mol. The molecule has 2 aliphatic heterocycles. The van der Waals surface area contributed by atoms with Crippen LogP contribution in [0.1, 0.15) is 23.6 Å². The van der Waals surface area contributed by atoms with E-state index in [9.17, 15) is 26.4 Å². The zero-order valence-corrected chi connectivity index (χ0v) is 21.4. The van der Waals surface area contributed by atoms with Gasteiger partial charge in [0.05, 0.1) is 36.7 Å². The zero-order valence-electron chi connectivity index (χ0n) is 20.6. The number of hydrogen-bond acceptors (Lipinski definition) is 7. The standard InChI is InChI=1S/C24H23F3N6O4S/c1-13-22(31(2)30-23(13)38(3,35)36)19-9-21(18(27)10-28-19)37-17-11-32(12-17)24(34)33-20(4-5-29-33)14-6-15(25)8-16(26)7-14/h5-10,17,20H,4,11-12H2,1-3H3. The summed E-state index contributed by atoms with van der Waals surface area (Å²) >= 11 is 0. The van der Waals surface area contributed by atoms with Gasteiger partial charge in [-0.1, -0.05) is 0 Å². The molecule has 3 aromatic rings. The number of urea groups is 1. The van der Waals surface area contributed by atoms with E-state index in [2.05, 4.69) is 15.2 Å². The lowest BCUT2D eigenvalue weighted by Gasteiger charge is -2.41. The smallest absolute Gasteiger partial charge is 0.341 e.